The molecule has 0 saturated carbocycles. The number of carbonyl (C=O) groups is 1. The zero-order valence-electron chi connectivity index (χ0n) is 12.4. The molecule has 1 fully saturated rings. The molecule has 0 aliphatic carbocycles. The molecule has 1 saturated heterocycles. The summed E-state index contributed by atoms with van der Waals surface area (Å²) in [6, 6.07) is 3.58. The molecule has 20 heavy (non-hydrogen) atoms. The second-order valence-electron chi connectivity index (χ2n) is 5.27. The van der Waals surface area contributed by atoms with Crippen molar-refractivity contribution in [3.8, 4) is 0 Å². The van der Waals surface area contributed by atoms with Crippen LogP contribution < -0.4 is 5.32 Å². The molecule has 1 atom stereocenters. The summed E-state index contributed by atoms with van der Waals surface area (Å²) in [4.78, 5) is 13.8. The Balaban J connectivity index is 1.75. The van der Waals surface area contributed by atoms with Crippen LogP contribution in [-0.2, 0) is 4.74 Å². The number of ether oxygens (including phenoxy) is 1. The maximum Gasteiger partial charge on any atom is 0.373 e. The third-order valence-corrected chi connectivity index (χ3v) is 3.77. The number of esters is 1. The van der Waals surface area contributed by atoms with Crippen LogP contribution in [0.3, 0.4) is 0 Å². The Labute approximate surface area is 120 Å². The lowest BCUT2D eigenvalue weighted by Crippen LogP contribution is -2.36. The van der Waals surface area contributed by atoms with Crippen LogP contribution in [0.1, 0.15) is 48.5 Å². The molecule has 1 aliphatic rings. The quantitative estimate of drug-likeness (QED) is 0.810. The summed E-state index contributed by atoms with van der Waals surface area (Å²) in [5.41, 5.74) is 0. The Morgan fingerprint density at radius 1 is 1.40 bits per heavy atom. The van der Waals surface area contributed by atoms with E-state index in [1.54, 1.807) is 6.07 Å². The summed E-state index contributed by atoms with van der Waals surface area (Å²) in [6.45, 7) is 6.45. The molecule has 5 nitrogen and oxygen atoms in total. The first-order valence-corrected chi connectivity index (χ1v) is 7.34. The van der Waals surface area contributed by atoms with Gasteiger partial charge < -0.3 is 19.4 Å². The maximum atomic E-state index is 11.3. The minimum Gasteiger partial charge on any atom is -0.463 e. The van der Waals surface area contributed by atoms with Gasteiger partial charge in [0.15, 0.2) is 0 Å². The molecule has 5 heteroatoms. The second kappa shape index (κ2) is 7.45. The number of hydrogen-bond donors (Lipinski definition) is 1. The molecule has 1 N–H and O–H groups in total. The standard InChI is InChI=1S/C15H24N2O3/c1-12(13-6-7-14(20-13)15(18)19-2)16-8-11-17-9-4-3-5-10-17/h6-7,12,16H,3-5,8-11H2,1-2H3. The first kappa shape index (κ1) is 15.1. The number of rotatable bonds is 6. The molecule has 1 unspecified atom stereocenters. The number of nitrogens with zero attached hydrogens (tertiary/aromatic N) is 1. The molecule has 2 heterocycles. The van der Waals surface area contributed by atoms with Crippen molar-refractivity contribution in [3.05, 3.63) is 23.7 Å². The molecule has 0 aromatic carbocycles. The van der Waals surface area contributed by atoms with Gasteiger partial charge in [-0.3, -0.25) is 0 Å². The van der Waals surface area contributed by atoms with E-state index in [4.69, 9.17) is 4.42 Å². The molecular weight excluding hydrogens is 256 g/mol. The highest BCUT2D eigenvalue weighted by atomic mass is 16.5. The van der Waals surface area contributed by atoms with Crippen LogP contribution in [0, 0.1) is 0 Å². The van der Waals surface area contributed by atoms with Crippen molar-refractivity contribution in [2.45, 2.75) is 32.2 Å². The Bertz CT molecular complexity index is 425. The fourth-order valence-electron chi connectivity index (χ4n) is 2.52. The predicted octanol–water partition coefficient (Wildman–Crippen LogP) is 2.20. The number of furan rings is 1. The van der Waals surface area contributed by atoms with Crippen molar-refractivity contribution in [1.29, 1.82) is 0 Å². The average Bonchev–Trinajstić information content (AvgIpc) is 2.97. The van der Waals surface area contributed by atoms with E-state index in [1.807, 2.05) is 13.0 Å². The molecule has 1 aliphatic heterocycles. The van der Waals surface area contributed by atoms with Crippen LogP contribution in [0.25, 0.3) is 0 Å². The molecule has 1 aromatic heterocycles. The molecular formula is C15H24N2O3. The van der Waals surface area contributed by atoms with Gasteiger partial charge in [-0.25, -0.2) is 4.79 Å². The zero-order chi connectivity index (χ0) is 14.4. The molecule has 1 aromatic rings. The molecule has 0 bridgehead atoms. The van der Waals surface area contributed by atoms with Crippen molar-refractivity contribution in [2.24, 2.45) is 0 Å². The van der Waals surface area contributed by atoms with Crippen LogP contribution in [-0.4, -0.2) is 44.2 Å². The molecule has 0 amide bonds. The fraction of sp³-hybridized carbons (Fsp3) is 0.667. The number of methoxy groups -OCH3 is 1. The zero-order valence-corrected chi connectivity index (χ0v) is 12.4. The van der Waals surface area contributed by atoms with E-state index in [9.17, 15) is 4.79 Å². The maximum absolute atomic E-state index is 11.3. The molecule has 112 valence electrons. The molecule has 0 radical (unpaired) electrons. The van der Waals surface area contributed by atoms with Gasteiger partial charge in [0.2, 0.25) is 5.76 Å². The summed E-state index contributed by atoms with van der Waals surface area (Å²) in [5.74, 6) is 0.591. The average molecular weight is 280 g/mol. The highest BCUT2D eigenvalue weighted by Gasteiger charge is 2.15. The monoisotopic (exact) mass is 280 g/mol. The van der Waals surface area contributed by atoms with Gasteiger partial charge in [-0.15, -0.1) is 0 Å². The third-order valence-electron chi connectivity index (χ3n) is 3.77. The van der Waals surface area contributed by atoms with Gasteiger partial charge in [0.05, 0.1) is 13.2 Å². The van der Waals surface area contributed by atoms with Gasteiger partial charge in [-0.05, 0) is 45.0 Å². The van der Waals surface area contributed by atoms with E-state index in [1.165, 1.54) is 39.5 Å². The number of likely N-dealkylation sites (tertiary alicyclic amines) is 1. The SMILES string of the molecule is COC(=O)c1ccc(C(C)NCCN2CCCCC2)o1. The smallest absolute Gasteiger partial charge is 0.373 e. The lowest BCUT2D eigenvalue weighted by Gasteiger charge is -2.26. The van der Waals surface area contributed by atoms with E-state index in [-0.39, 0.29) is 11.8 Å². The van der Waals surface area contributed by atoms with Crippen LogP contribution in [0.4, 0.5) is 0 Å². The van der Waals surface area contributed by atoms with E-state index in [0.29, 0.717) is 0 Å². The third kappa shape index (κ3) is 4.08. The summed E-state index contributed by atoms with van der Waals surface area (Å²) in [6.07, 6.45) is 4.00. The molecule has 0 spiro atoms. The van der Waals surface area contributed by atoms with Crippen molar-refractivity contribution in [1.82, 2.24) is 10.2 Å². The van der Waals surface area contributed by atoms with Gasteiger partial charge in [0, 0.05) is 13.1 Å². The Hall–Kier alpha value is -1.33. The van der Waals surface area contributed by atoms with Crippen molar-refractivity contribution >= 4 is 5.97 Å². The van der Waals surface area contributed by atoms with Gasteiger partial charge in [-0.1, -0.05) is 6.42 Å². The minimum atomic E-state index is -0.434. The lowest BCUT2D eigenvalue weighted by molar-refractivity contribution is 0.0562. The van der Waals surface area contributed by atoms with Gasteiger partial charge in [-0.2, -0.15) is 0 Å². The summed E-state index contributed by atoms with van der Waals surface area (Å²) in [7, 11) is 1.35. The van der Waals surface area contributed by atoms with E-state index in [2.05, 4.69) is 15.0 Å². The topological polar surface area (TPSA) is 54.7 Å². The van der Waals surface area contributed by atoms with Crippen molar-refractivity contribution in [3.63, 3.8) is 0 Å². The lowest BCUT2D eigenvalue weighted by atomic mass is 10.1. The Morgan fingerprint density at radius 2 is 2.15 bits per heavy atom. The van der Waals surface area contributed by atoms with Gasteiger partial charge >= 0.3 is 5.97 Å². The van der Waals surface area contributed by atoms with E-state index < -0.39 is 5.97 Å². The normalized spacial score (nSPS) is 17.9. The van der Waals surface area contributed by atoms with E-state index >= 15 is 0 Å². The van der Waals surface area contributed by atoms with Crippen LogP contribution in [0.2, 0.25) is 0 Å². The van der Waals surface area contributed by atoms with Gasteiger partial charge in [0.1, 0.15) is 5.76 Å². The van der Waals surface area contributed by atoms with Gasteiger partial charge in [0.25, 0.3) is 0 Å². The first-order chi connectivity index (χ1) is 9.70. The van der Waals surface area contributed by atoms with Crippen LogP contribution in [0.5, 0.6) is 0 Å². The fourth-order valence-corrected chi connectivity index (χ4v) is 2.52. The Morgan fingerprint density at radius 3 is 2.85 bits per heavy atom. The number of piperidine rings is 1. The number of carbonyl (C=O) groups excluding carboxylic acids is 1. The molecule has 2 rings (SSSR count). The number of hydrogen-bond acceptors (Lipinski definition) is 5. The highest BCUT2D eigenvalue weighted by Crippen LogP contribution is 2.16. The first-order valence-electron chi connectivity index (χ1n) is 7.34. The summed E-state index contributed by atoms with van der Waals surface area (Å²) >= 11 is 0. The Kier molecular flexibility index (Phi) is 5.61. The van der Waals surface area contributed by atoms with Crippen molar-refractivity contribution < 1.29 is 13.9 Å². The summed E-state index contributed by atoms with van der Waals surface area (Å²) < 4.78 is 10.1. The summed E-state index contributed by atoms with van der Waals surface area (Å²) in [5, 5.41) is 3.43. The van der Waals surface area contributed by atoms with Crippen molar-refractivity contribution in [2.75, 3.05) is 33.3 Å². The van der Waals surface area contributed by atoms with Crippen LogP contribution >= 0.6 is 0 Å². The number of nitrogens with one attached hydrogen (secondary N) is 1. The highest BCUT2D eigenvalue weighted by molar-refractivity contribution is 5.86. The minimum absolute atomic E-state index is 0.0956. The predicted molar refractivity (Wildman–Crippen MR) is 76.8 cm³/mol. The largest absolute Gasteiger partial charge is 0.463 e. The van der Waals surface area contributed by atoms with Crippen LogP contribution in [0.15, 0.2) is 16.5 Å². The van der Waals surface area contributed by atoms with E-state index in [0.717, 1.165) is 18.8 Å². The second-order valence-corrected chi connectivity index (χ2v) is 5.27.